The van der Waals surface area contributed by atoms with Crippen LogP contribution in [-0.4, -0.2) is 38.9 Å². The molecule has 0 aliphatic heterocycles. The van der Waals surface area contributed by atoms with Crippen molar-refractivity contribution in [2.24, 2.45) is 0 Å². The summed E-state index contributed by atoms with van der Waals surface area (Å²) >= 11 is 0. The Morgan fingerprint density at radius 2 is 0.475 bits per heavy atom. The quantitative estimate of drug-likeness (QED) is 0.0543. The zero-order chi connectivity index (χ0) is 29.5. The molecule has 40 heavy (non-hydrogen) atoms. The Hall–Kier alpha value is -0.160. The van der Waals surface area contributed by atoms with Gasteiger partial charge >= 0.3 is 0 Å². The lowest BCUT2D eigenvalue weighted by Gasteiger charge is -2.36. The monoisotopic (exact) mass is 570 g/mol. The lowest BCUT2D eigenvalue weighted by molar-refractivity contribution is -0.185. The van der Waals surface area contributed by atoms with E-state index in [4.69, 9.17) is 0 Å². The normalized spacial score (nSPS) is 14.2. The predicted molar refractivity (Wildman–Crippen MR) is 175 cm³/mol. The summed E-state index contributed by atoms with van der Waals surface area (Å²) in [4.78, 5) is 1.64. The fourth-order valence-electron chi connectivity index (χ4n) is 5.96. The molecule has 0 saturated carbocycles. The van der Waals surface area contributed by atoms with E-state index in [0.717, 1.165) is 38.5 Å². The molecule has 0 aliphatic rings. The second kappa shape index (κ2) is 31.8. The summed E-state index contributed by atoms with van der Waals surface area (Å²) in [7, 11) is 0. The number of nitrogens with zero attached hydrogens (tertiary/aromatic N) is 1. The first kappa shape index (κ1) is 39.8. The largest absolute Gasteiger partial charge is 0.378 e. The summed E-state index contributed by atoms with van der Waals surface area (Å²) in [5.74, 6) is 0. The number of hydrogen-bond acceptors (Lipinski definition) is 4. The maximum Gasteiger partial charge on any atom is 0.111 e. The van der Waals surface area contributed by atoms with Crippen molar-refractivity contribution in [2.75, 3.05) is 0 Å². The summed E-state index contributed by atoms with van der Waals surface area (Å²) in [6.45, 7) is 6.78. The summed E-state index contributed by atoms with van der Waals surface area (Å²) in [6.07, 6.45) is 33.5. The molecule has 0 rings (SSSR count). The molecule has 4 nitrogen and oxygen atoms in total. The molecule has 3 unspecified atom stereocenters. The van der Waals surface area contributed by atoms with Crippen molar-refractivity contribution in [2.45, 2.75) is 232 Å². The number of unbranched alkanes of at least 4 members (excludes halogenated alkanes) is 24. The smallest absolute Gasteiger partial charge is 0.111 e. The highest BCUT2D eigenvalue weighted by Gasteiger charge is 2.28. The van der Waals surface area contributed by atoms with E-state index in [2.05, 4.69) is 20.8 Å². The first-order valence-corrected chi connectivity index (χ1v) is 18.4. The van der Waals surface area contributed by atoms with Gasteiger partial charge in [0.15, 0.2) is 0 Å². The lowest BCUT2D eigenvalue weighted by atomic mass is 10.0. The maximum atomic E-state index is 11.0. The molecule has 0 heterocycles. The van der Waals surface area contributed by atoms with Crippen molar-refractivity contribution in [1.82, 2.24) is 4.90 Å². The van der Waals surface area contributed by atoms with Gasteiger partial charge in [0.25, 0.3) is 0 Å². The average molecular weight is 570 g/mol. The first-order valence-electron chi connectivity index (χ1n) is 18.4. The first-order chi connectivity index (χ1) is 19.6. The molecular formula is C36H75NO3. The summed E-state index contributed by atoms with van der Waals surface area (Å²) in [6, 6.07) is 0. The van der Waals surface area contributed by atoms with Crippen LogP contribution < -0.4 is 0 Å². The summed E-state index contributed by atoms with van der Waals surface area (Å²) in [5.41, 5.74) is 0. The van der Waals surface area contributed by atoms with Crippen molar-refractivity contribution in [3.8, 4) is 0 Å². The molecule has 0 spiro atoms. The van der Waals surface area contributed by atoms with Gasteiger partial charge in [-0.3, -0.25) is 0 Å². The number of rotatable bonds is 33. The average Bonchev–Trinajstić information content (AvgIpc) is 2.94. The van der Waals surface area contributed by atoms with Gasteiger partial charge < -0.3 is 15.3 Å². The fraction of sp³-hybridized carbons (Fsp3) is 1.00. The minimum atomic E-state index is -0.758. The van der Waals surface area contributed by atoms with Crippen molar-refractivity contribution < 1.29 is 15.3 Å². The van der Waals surface area contributed by atoms with E-state index < -0.39 is 18.7 Å². The van der Waals surface area contributed by atoms with Crippen LogP contribution in [0, 0.1) is 0 Å². The summed E-state index contributed by atoms with van der Waals surface area (Å²) in [5, 5.41) is 33.1. The second-order valence-corrected chi connectivity index (χ2v) is 12.7. The van der Waals surface area contributed by atoms with Crippen LogP contribution in [0.25, 0.3) is 0 Å². The Morgan fingerprint density at radius 1 is 0.300 bits per heavy atom. The van der Waals surface area contributed by atoms with E-state index in [1.165, 1.54) is 135 Å². The Balaban J connectivity index is 4.40. The topological polar surface area (TPSA) is 63.9 Å². The molecule has 0 aliphatic carbocycles. The van der Waals surface area contributed by atoms with Crippen molar-refractivity contribution >= 4 is 0 Å². The van der Waals surface area contributed by atoms with Crippen LogP contribution in [0.1, 0.15) is 213 Å². The van der Waals surface area contributed by atoms with E-state index in [-0.39, 0.29) is 0 Å². The third-order valence-electron chi connectivity index (χ3n) is 8.73. The molecule has 0 bridgehead atoms. The molecule has 242 valence electrons. The van der Waals surface area contributed by atoms with Gasteiger partial charge in [-0.1, -0.05) is 175 Å². The Bertz CT molecular complexity index is 408. The van der Waals surface area contributed by atoms with E-state index >= 15 is 0 Å². The van der Waals surface area contributed by atoms with Crippen LogP contribution in [0.15, 0.2) is 0 Å². The van der Waals surface area contributed by atoms with E-state index in [9.17, 15) is 15.3 Å². The van der Waals surface area contributed by atoms with Gasteiger partial charge in [0.05, 0.1) is 0 Å². The molecule has 0 aromatic rings. The molecule has 0 fully saturated rings. The van der Waals surface area contributed by atoms with Gasteiger partial charge in [0, 0.05) is 0 Å². The van der Waals surface area contributed by atoms with Crippen LogP contribution in [-0.2, 0) is 0 Å². The summed E-state index contributed by atoms with van der Waals surface area (Å²) < 4.78 is 0. The number of aliphatic hydroxyl groups excluding tert-OH is 3. The highest BCUT2D eigenvalue weighted by Crippen LogP contribution is 2.22. The number of hydrogen-bond donors (Lipinski definition) is 3. The second-order valence-electron chi connectivity index (χ2n) is 12.7. The Labute approximate surface area is 252 Å². The van der Waals surface area contributed by atoms with Gasteiger partial charge in [0.1, 0.15) is 18.7 Å². The molecule has 3 N–H and O–H groups in total. The third kappa shape index (κ3) is 25.5. The SMILES string of the molecule is CCCCCCCCCCCC(O)N(C(O)CCCCCCCCCCC)C(O)CCCCCCCCCCC. The standard InChI is InChI=1S/C36H75NO3/c1-4-7-10-13-16-19-22-25-28-31-34(38)37(35(39)32-29-26-23-20-17-14-11-8-5-2)36(40)33-30-27-24-21-18-15-12-9-6-3/h34-36,38-40H,4-33H2,1-3H3. The molecule has 0 radical (unpaired) electrons. The van der Waals surface area contributed by atoms with E-state index in [0.29, 0.717) is 19.3 Å². The van der Waals surface area contributed by atoms with E-state index in [1.807, 2.05) is 0 Å². The zero-order valence-electron chi connectivity index (χ0n) is 27.7. The molecule has 0 saturated heterocycles. The highest BCUT2D eigenvalue weighted by atomic mass is 16.4. The molecule has 0 aromatic carbocycles. The predicted octanol–water partition coefficient (Wildman–Crippen LogP) is 11.0. The maximum absolute atomic E-state index is 11.0. The van der Waals surface area contributed by atoms with Crippen molar-refractivity contribution in [3.05, 3.63) is 0 Å². The Morgan fingerprint density at radius 3 is 0.675 bits per heavy atom. The van der Waals surface area contributed by atoms with Crippen molar-refractivity contribution in [1.29, 1.82) is 0 Å². The van der Waals surface area contributed by atoms with Gasteiger partial charge in [0.2, 0.25) is 0 Å². The zero-order valence-corrected chi connectivity index (χ0v) is 27.7. The molecule has 4 heteroatoms. The van der Waals surface area contributed by atoms with Gasteiger partial charge in [-0.2, -0.15) is 0 Å². The highest BCUT2D eigenvalue weighted by molar-refractivity contribution is 4.71. The lowest BCUT2D eigenvalue weighted by Crippen LogP contribution is -2.49. The molecule has 0 amide bonds. The van der Waals surface area contributed by atoms with Crippen LogP contribution in [0.4, 0.5) is 0 Å². The number of aliphatic hydroxyl groups is 3. The van der Waals surface area contributed by atoms with Gasteiger partial charge in [-0.25, -0.2) is 4.90 Å². The van der Waals surface area contributed by atoms with E-state index in [1.54, 1.807) is 4.90 Å². The van der Waals surface area contributed by atoms with Crippen LogP contribution in [0.3, 0.4) is 0 Å². The molecular weight excluding hydrogens is 494 g/mol. The van der Waals surface area contributed by atoms with Crippen LogP contribution >= 0.6 is 0 Å². The van der Waals surface area contributed by atoms with Crippen LogP contribution in [0.5, 0.6) is 0 Å². The van der Waals surface area contributed by atoms with Crippen LogP contribution in [0.2, 0.25) is 0 Å². The third-order valence-corrected chi connectivity index (χ3v) is 8.73. The fourth-order valence-corrected chi connectivity index (χ4v) is 5.96. The molecule has 0 aromatic heterocycles. The van der Waals surface area contributed by atoms with Crippen molar-refractivity contribution in [3.63, 3.8) is 0 Å². The minimum absolute atomic E-state index is 0.638. The minimum Gasteiger partial charge on any atom is -0.378 e. The molecule has 3 atom stereocenters. The van der Waals surface area contributed by atoms with Gasteiger partial charge in [-0.05, 0) is 38.5 Å². The Kier molecular flexibility index (Phi) is 31.6. The van der Waals surface area contributed by atoms with Gasteiger partial charge in [-0.15, -0.1) is 0 Å².